The van der Waals surface area contributed by atoms with Crippen molar-refractivity contribution in [2.24, 2.45) is 0 Å². The summed E-state index contributed by atoms with van der Waals surface area (Å²) in [6.07, 6.45) is 2.00. The summed E-state index contributed by atoms with van der Waals surface area (Å²) >= 11 is 7.38. The number of alkyl halides is 1. The molecule has 0 atom stereocenters. The molecule has 11 heavy (non-hydrogen) atoms. The van der Waals surface area contributed by atoms with Crippen molar-refractivity contribution in [1.82, 2.24) is 9.38 Å². The highest BCUT2D eigenvalue weighted by atomic mass is 35.5. The summed E-state index contributed by atoms with van der Waals surface area (Å²) < 4.78 is 2.03. The highest BCUT2D eigenvalue weighted by molar-refractivity contribution is 7.15. The van der Waals surface area contributed by atoms with Gasteiger partial charge in [0, 0.05) is 11.6 Å². The van der Waals surface area contributed by atoms with Crippen molar-refractivity contribution in [1.29, 1.82) is 0 Å². The molecule has 0 fully saturated rings. The van der Waals surface area contributed by atoms with Gasteiger partial charge >= 0.3 is 0 Å². The summed E-state index contributed by atoms with van der Waals surface area (Å²) in [5.74, 6) is 0.531. The SMILES string of the molecule is Cc1nc2sccn2c1CCl. The molecule has 0 radical (unpaired) electrons. The third-order valence-corrected chi connectivity index (χ3v) is 2.70. The lowest BCUT2D eigenvalue weighted by Crippen LogP contribution is -1.86. The summed E-state index contributed by atoms with van der Waals surface area (Å²) in [6.45, 7) is 1.98. The maximum absolute atomic E-state index is 5.75. The first-order valence-corrected chi connectivity index (χ1v) is 4.71. The molecule has 0 aromatic carbocycles. The van der Waals surface area contributed by atoms with Crippen LogP contribution in [0.4, 0.5) is 0 Å². The van der Waals surface area contributed by atoms with Crippen LogP contribution in [0.1, 0.15) is 11.4 Å². The maximum atomic E-state index is 5.75. The van der Waals surface area contributed by atoms with Gasteiger partial charge in [-0.3, -0.25) is 4.40 Å². The molecule has 2 nitrogen and oxygen atoms in total. The second-order valence-electron chi connectivity index (χ2n) is 2.33. The molecule has 2 rings (SSSR count). The van der Waals surface area contributed by atoms with Crippen LogP contribution in [-0.2, 0) is 5.88 Å². The molecule has 0 saturated carbocycles. The highest BCUT2D eigenvalue weighted by Crippen LogP contribution is 2.17. The first-order chi connectivity index (χ1) is 5.33. The topological polar surface area (TPSA) is 17.3 Å². The number of rotatable bonds is 1. The number of hydrogen-bond acceptors (Lipinski definition) is 2. The van der Waals surface area contributed by atoms with Crippen LogP contribution in [0.5, 0.6) is 0 Å². The number of imidazole rings is 1. The molecular weight excluding hydrogens is 180 g/mol. The van der Waals surface area contributed by atoms with Crippen LogP contribution >= 0.6 is 22.9 Å². The van der Waals surface area contributed by atoms with Crippen LogP contribution < -0.4 is 0 Å². The normalized spacial score (nSPS) is 11.1. The van der Waals surface area contributed by atoms with E-state index in [9.17, 15) is 0 Å². The standard InChI is InChI=1S/C7H7ClN2S/c1-5-6(4-8)10-2-3-11-7(10)9-5/h2-3H,4H2,1H3. The lowest BCUT2D eigenvalue weighted by atomic mass is 10.4. The van der Waals surface area contributed by atoms with Crippen LogP contribution in [0.25, 0.3) is 4.96 Å². The van der Waals surface area contributed by atoms with Crippen molar-refractivity contribution >= 4 is 27.9 Å². The molecule has 0 bridgehead atoms. The van der Waals surface area contributed by atoms with Gasteiger partial charge in [0.1, 0.15) is 0 Å². The van der Waals surface area contributed by atoms with Crippen molar-refractivity contribution in [3.05, 3.63) is 23.0 Å². The van der Waals surface area contributed by atoms with E-state index in [1.54, 1.807) is 11.3 Å². The zero-order chi connectivity index (χ0) is 7.84. The predicted molar refractivity (Wildman–Crippen MR) is 47.4 cm³/mol. The summed E-state index contributed by atoms with van der Waals surface area (Å²) in [5.41, 5.74) is 2.13. The van der Waals surface area contributed by atoms with Crippen molar-refractivity contribution < 1.29 is 0 Å². The van der Waals surface area contributed by atoms with Gasteiger partial charge in [0.15, 0.2) is 4.96 Å². The van der Waals surface area contributed by atoms with Gasteiger partial charge in [0.05, 0.1) is 17.3 Å². The average Bonchev–Trinajstić information content (AvgIpc) is 2.46. The van der Waals surface area contributed by atoms with Gasteiger partial charge in [0.25, 0.3) is 0 Å². The average molecular weight is 187 g/mol. The Balaban J connectivity index is 2.80. The number of aromatic nitrogens is 2. The van der Waals surface area contributed by atoms with E-state index in [0.717, 1.165) is 16.3 Å². The summed E-state index contributed by atoms with van der Waals surface area (Å²) in [7, 11) is 0. The predicted octanol–water partition coefficient (Wildman–Crippen LogP) is 2.44. The minimum atomic E-state index is 0.531. The lowest BCUT2D eigenvalue weighted by Gasteiger charge is -1.91. The smallest absolute Gasteiger partial charge is 0.194 e. The van der Waals surface area contributed by atoms with Gasteiger partial charge in [-0.2, -0.15) is 0 Å². The van der Waals surface area contributed by atoms with E-state index in [-0.39, 0.29) is 0 Å². The minimum absolute atomic E-state index is 0.531. The number of halogens is 1. The molecule has 0 saturated heterocycles. The van der Waals surface area contributed by atoms with E-state index in [1.807, 2.05) is 22.9 Å². The monoisotopic (exact) mass is 186 g/mol. The van der Waals surface area contributed by atoms with Gasteiger partial charge in [-0.15, -0.1) is 22.9 Å². The second-order valence-corrected chi connectivity index (χ2v) is 3.47. The zero-order valence-electron chi connectivity index (χ0n) is 6.04. The van der Waals surface area contributed by atoms with E-state index < -0.39 is 0 Å². The molecular formula is C7H7ClN2S. The molecule has 2 aromatic heterocycles. The van der Waals surface area contributed by atoms with Crippen LogP contribution in [0.3, 0.4) is 0 Å². The highest BCUT2D eigenvalue weighted by Gasteiger charge is 2.06. The lowest BCUT2D eigenvalue weighted by molar-refractivity contribution is 1.09. The largest absolute Gasteiger partial charge is 0.293 e. The summed E-state index contributed by atoms with van der Waals surface area (Å²) in [6, 6.07) is 0. The Labute approximate surface area is 73.4 Å². The Morgan fingerprint density at radius 2 is 2.55 bits per heavy atom. The van der Waals surface area contributed by atoms with Crippen LogP contribution in [0.2, 0.25) is 0 Å². The molecule has 4 heteroatoms. The molecule has 2 heterocycles. The zero-order valence-corrected chi connectivity index (χ0v) is 7.61. The number of nitrogens with zero attached hydrogens (tertiary/aromatic N) is 2. The quantitative estimate of drug-likeness (QED) is 0.626. The Hall–Kier alpha value is -0.540. The van der Waals surface area contributed by atoms with Crippen molar-refractivity contribution in [3.63, 3.8) is 0 Å². The Kier molecular flexibility index (Phi) is 1.62. The van der Waals surface area contributed by atoms with E-state index in [2.05, 4.69) is 4.98 Å². The number of thiazole rings is 1. The number of aryl methyl sites for hydroxylation is 1. The van der Waals surface area contributed by atoms with Crippen LogP contribution in [-0.4, -0.2) is 9.38 Å². The Morgan fingerprint density at radius 1 is 1.73 bits per heavy atom. The second kappa shape index (κ2) is 2.50. The van der Waals surface area contributed by atoms with Gasteiger partial charge in [0.2, 0.25) is 0 Å². The van der Waals surface area contributed by atoms with Gasteiger partial charge < -0.3 is 0 Å². The summed E-state index contributed by atoms with van der Waals surface area (Å²) in [5, 5.41) is 2.01. The Bertz CT molecular complexity index is 377. The molecule has 0 spiro atoms. The first kappa shape index (κ1) is 7.13. The third-order valence-electron chi connectivity index (χ3n) is 1.69. The van der Waals surface area contributed by atoms with Crippen molar-refractivity contribution in [2.45, 2.75) is 12.8 Å². The van der Waals surface area contributed by atoms with Gasteiger partial charge in [-0.25, -0.2) is 4.98 Å². The van der Waals surface area contributed by atoms with Gasteiger partial charge in [-0.1, -0.05) is 0 Å². The van der Waals surface area contributed by atoms with Crippen molar-refractivity contribution in [2.75, 3.05) is 0 Å². The van der Waals surface area contributed by atoms with Gasteiger partial charge in [-0.05, 0) is 6.92 Å². The molecule has 0 N–H and O–H groups in total. The fraction of sp³-hybridized carbons (Fsp3) is 0.286. The van der Waals surface area contributed by atoms with E-state index in [4.69, 9.17) is 11.6 Å². The maximum Gasteiger partial charge on any atom is 0.194 e. The van der Waals surface area contributed by atoms with Crippen molar-refractivity contribution in [3.8, 4) is 0 Å². The fourth-order valence-corrected chi connectivity index (χ4v) is 2.20. The van der Waals surface area contributed by atoms with E-state index in [0.29, 0.717) is 5.88 Å². The molecule has 0 aliphatic heterocycles. The molecule has 0 aliphatic rings. The molecule has 0 amide bonds. The molecule has 2 aromatic rings. The van der Waals surface area contributed by atoms with Crippen LogP contribution in [0.15, 0.2) is 11.6 Å². The number of hydrogen-bond donors (Lipinski definition) is 0. The molecule has 0 aliphatic carbocycles. The third kappa shape index (κ3) is 0.957. The van der Waals surface area contributed by atoms with E-state index in [1.165, 1.54) is 0 Å². The van der Waals surface area contributed by atoms with E-state index >= 15 is 0 Å². The van der Waals surface area contributed by atoms with Crippen LogP contribution in [0, 0.1) is 6.92 Å². The minimum Gasteiger partial charge on any atom is -0.293 e. The first-order valence-electron chi connectivity index (χ1n) is 3.30. The summed E-state index contributed by atoms with van der Waals surface area (Å²) in [4.78, 5) is 5.37. The molecule has 58 valence electrons. The molecule has 0 unspecified atom stereocenters. The fourth-order valence-electron chi connectivity index (χ4n) is 1.10. The Morgan fingerprint density at radius 3 is 3.27 bits per heavy atom. The number of fused-ring (bicyclic) bond motifs is 1.